The second kappa shape index (κ2) is 7.73. The van der Waals surface area contributed by atoms with Gasteiger partial charge in [0, 0.05) is 31.3 Å². The van der Waals surface area contributed by atoms with Gasteiger partial charge in [0.15, 0.2) is 0 Å². The van der Waals surface area contributed by atoms with Gasteiger partial charge in [0.25, 0.3) is 0 Å². The summed E-state index contributed by atoms with van der Waals surface area (Å²) in [5.41, 5.74) is 3.55. The molecule has 0 aliphatic rings. The largest absolute Gasteiger partial charge is 0.326 e. The van der Waals surface area contributed by atoms with Crippen LogP contribution in [0.3, 0.4) is 0 Å². The van der Waals surface area contributed by atoms with Gasteiger partial charge in [-0.05, 0) is 61.4 Å². The van der Waals surface area contributed by atoms with Crippen molar-refractivity contribution in [3.63, 3.8) is 0 Å². The number of halogens is 1. The fourth-order valence-electron chi connectivity index (χ4n) is 2.33. The molecule has 0 aromatic heterocycles. The van der Waals surface area contributed by atoms with Gasteiger partial charge in [0.05, 0.1) is 0 Å². The van der Waals surface area contributed by atoms with Crippen LogP contribution in [-0.2, 0) is 9.59 Å². The molecule has 0 radical (unpaired) electrons. The first-order chi connectivity index (χ1) is 11.4. The SMILES string of the molecule is CC(=O)N(CCC(=O)Nc1ccc(F)cc1)c1ccc(C)c(C)c1. The fourth-order valence-corrected chi connectivity index (χ4v) is 2.33. The molecule has 2 aromatic carbocycles. The lowest BCUT2D eigenvalue weighted by molar-refractivity contribution is -0.117. The number of anilines is 2. The summed E-state index contributed by atoms with van der Waals surface area (Å²) < 4.78 is 12.9. The van der Waals surface area contributed by atoms with Crippen LogP contribution in [-0.4, -0.2) is 18.4 Å². The summed E-state index contributed by atoms with van der Waals surface area (Å²) in [6.07, 6.45) is 0.157. The highest BCUT2D eigenvalue weighted by atomic mass is 19.1. The third-order valence-corrected chi connectivity index (χ3v) is 3.87. The molecule has 4 nitrogen and oxygen atoms in total. The zero-order valence-electron chi connectivity index (χ0n) is 14.1. The molecule has 0 saturated heterocycles. The predicted molar refractivity (Wildman–Crippen MR) is 93.6 cm³/mol. The number of nitrogens with zero attached hydrogens (tertiary/aromatic N) is 1. The molecule has 0 unspecified atom stereocenters. The van der Waals surface area contributed by atoms with Crippen molar-refractivity contribution in [1.82, 2.24) is 0 Å². The molecule has 0 atom stereocenters. The molecule has 126 valence electrons. The Bertz CT molecular complexity index is 742. The topological polar surface area (TPSA) is 49.4 Å². The lowest BCUT2D eigenvalue weighted by Crippen LogP contribution is -2.32. The Labute approximate surface area is 141 Å². The van der Waals surface area contributed by atoms with Gasteiger partial charge in [-0.1, -0.05) is 6.07 Å². The monoisotopic (exact) mass is 328 g/mol. The van der Waals surface area contributed by atoms with Crippen LogP contribution in [0.15, 0.2) is 42.5 Å². The van der Waals surface area contributed by atoms with E-state index >= 15 is 0 Å². The minimum absolute atomic E-state index is 0.118. The van der Waals surface area contributed by atoms with Crippen molar-refractivity contribution in [2.75, 3.05) is 16.8 Å². The fraction of sp³-hybridized carbons (Fsp3) is 0.263. The number of hydrogen-bond donors (Lipinski definition) is 1. The van der Waals surface area contributed by atoms with Crippen molar-refractivity contribution in [3.8, 4) is 0 Å². The van der Waals surface area contributed by atoms with E-state index in [1.54, 1.807) is 4.90 Å². The molecule has 2 aromatic rings. The third kappa shape index (κ3) is 4.65. The van der Waals surface area contributed by atoms with Gasteiger partial charge >= 0.3 is 0 Å². The van der Waals surface area contributed by atoms with E-state index in [2.05, 4.69) is 5.32 Å². The lowest BCUT2D eigenvalue weighted by Gasteiger charge is -2.22. The van der Waals surface area contributed by atoms with Crippen LogP contribution in [0.5, 0.6) is 0 Å². The predicted octanol–water partition coefficient (Wildman–Crippen LogP) is 3.82. The van der Waals surface area contributed by atoms with Crippen molar-refractivity contribution >= 4 is 23.2 Å². The lowest BCUT2D eigenvalue weighted by atomic mass is 10.1. The Morgan fingerprint density at radius 2 is 1.71 bits per heavy atom. The van der Waals surface area contributed by atoms with E-state index in [4.69, 9.17) is 0 Å². The summed E-state index contributed by atoms with van der Waals surface area (Å²) in [5.74, 6) is -0.699. The molecule has 0 heterocycles. The van der Waals surface area contributed by atoms with Crippen molar-refractivity contribution < 1.29 is 14.0 Å². The molecule has 24 heavy (non-hydrogen) atoms. The third-order valence-electron chi connectivity index (χ3n) is 3.87. The number of benzene rings is 2. The van der Waals surface area contributed by atoms with E-state index in [0.717, 1.165) is 16.8 Å². The summed E-state index contributed by atoms with van der Waals surface area (Å²) in [6.45, 7) is 5.75. The number of rotatable bonds is 5. The Kier molecular flexibility index (Phi) is 5.68. The van der Waals surface area contributed by atoms with Crippen molar-refractivity contribution in [1.29, 1.82) is 0 Å². The smallest absolute Gasteiger partial charge is 0.226 e. The molecule has 2 amide bonds. The van der Waals surface area contributed by atoms with E-state index in [1.807, 2.05) is 32.0 Å². The molecular weight excluding hydrogens is 307 g/mol. The van der Waals surface area contributed by atoms with Gasteiger partial charge in [0.1, 0.15) is 5.82 Å². The normalized spacial score (nSPS) is 10.3. The summed E-state index contributed by atoms with van der Waals surface area (Å²) in [7, 11) is 0. The van der Waals surface area contributed by atoms with E-state index in [9.17, 15) is 14.0 Å². The Hall–Kier alpha value is -2.69. The highest BCUT2D eigenvalue weighted by Gasteiger charge is 2.14. The van der Waals surface area contributed by atoms with E-state index in [-0.39, 0.29) is 30.6 Å². The Balaban J connectivity index is 2.00. The van der Waals surface area contributed by atoms with Gasteiger partial charge in [-0.3, -0.25) is 9.59 Å². The van der Waals surface area contributed by atoms with Gasteiger partial charge < -0.3 is 10.2 Å². The zero-order chi connectivity index (χ0) is 17.7. The van der Waals surface area contributed by atoms with Crippen LogP contribution in [0.2, 0.25) is 0 Å². The van der Waals surface area contributed by atoms with Gasteiger partial charge in [-0.25, -0.2) is 4.39 Å². The van der Waals surface area contributed by atoms with Crippen LogP contribution in [0.4, 0.5) is 15.8 Å². The number of nitrogens with one attached hydrogen (secondary N) is 1. The number of carbonyl (C=O) groups excluding carboxylic acids is 2. The Morgan fingerprint density at radius 3 is 2.29 bits per heavy atom. The maximum absolute atomic E-state index is 12.9. The van der Waals surface area contributed by atoms with E-state index in [0.29, 0.717) is 5.69 Å². The second-order valence-corrected chi connectivity index (χ2v) is 5.74. The second-order valence-electron chi connectivity index (χ2n) is 5.74. The van der Waals surface area contributed by atoms with Gasteiger partial charge in [-0.15, -0.1) is 0 Å². The summed E-state index contributed by atoms with van der Waals surface area (Å²) >= 11 is 0. The first kappa shape index (κ1) is 17.7. The average molecular weight is 328 g/mol. The van der Waals surface area contributed by atoms with Crippen LogP contribution in [0.1, 0.15) is 24.5 Å². The summed E-state index contributed by atoms with van der Waals surface area (Å²) in [5, 5.41) is 2.69. The average Bonchev–Trinajstić information content (AvgIpc) is 2.53. The van der Waals surface area contributed by atoms with Gasteiger partial charge in [0.2, 0.25) is 11.8 Å². The quantitative estimate of drug-likeness (QED) is 0.907. The minimum atomic E-state index is -0.356. The number of aryl methyl sites for hydroxylation is 2. The minimum Gasteiger partial charge on any atom is -0.326 e. The number of hydrogen-bond acceptors (Lipinski definition) is 2. The van der Waals surface area contributed by atoms with Gasteiger partial charge in [-0.2, -0.15) is 0 Å². The van der Waals surface area contributed by atoms with Crippen LogP contribution in [0, 0.1) is 19.7 Å². The highest BCUT2D eigenvalue weighted by Crippen LogP contribution is 2.19. The molecule has 5 heteroatoms. The van der Waals surface area contributed by atoms with E-state index in [1.165, 1.54) is 31.2 Å². The van der Waals surface area contributed by atoms with Crippen LogP contribution < -0.4 is 10.2 Å². The molecule has 0 aliphatic heterocycles. The Morgan fingerprint density at radius 1 is 1.04 bits per heavy atom. The van der Waals surface area contributed by atoms with Crippen LogP contribution >= 0.6 is 0 Å². The molecule has 0 saturated carbocycles. The maximum Gasteiger partial charge on any atom is 0.226 e. The molecule has 0 bridgehead atoms. The van der Waals surface area contributed by atoms with Crippen molar-refractivity contribution in [2.45, 2.75) is 27.2 Å². The molecule has 0 spiro atoms. The zero-order valence-corrected chi connectivity index (χ0v) is 14.1. The van der Waals surface area contributed by atoms with Crippen LogP contribution in [0.25, 0.3) is 0 Å². The summed E-state index contributed by atoms with van der Waals surface area (Å²) in [4.78, 5) is 25.5. The molecule has 0 fully saturated rings. The standard InChI is InChI=1S/C19H21FN2O2/c1-13-4-9-18(12-14(13)2)22(15(3)23)11-10-19(24)21-17-7-5-16(20)6-8-17/h4-9,12H,10-11H2,1-3H3,(H,21,24). The maximum atomic E-state index is 12.9. The first-order valence-electron chi connectivity index (χ1n) is 7.77. The molecule has 1 N–H and O–H groups in total. The van der Waals surface area contributed by atoms with E-state index < -0.39 is 0 Å². The number of carbonyl (C=O) groups is 2. The molecule has 2 rings (SSSR count). The highest BCUT2D eigenvalue weighted by molar-refractivity contribution is 5.94. The first-order valence-corrected chi connectivity index (χ1v) is 7.77. The van der Waals surface area contributed by atoms with Crippen molar-refractivity contribution in [3.05, 3.63) is 59.4 Å². The molecule has 0 aliphatic carbocycles. The summed E-state index contributed by atoms with van der Waals surface area (Å²) in [6, 6.07) is 11.3. The van der Waals surface area contributed by atoms with Crippen molar-refractivity contribution in [2.24, 2.45) is 0 Å². The number of amides is 2. The molecular formula is C19H21FN2O2.